The molecule has 4 aromatic rings. The van der Waals surface area contributed by atoms with E-state index < -0.39 is 23.6 Å². The van der Waals surface area contributed by atoms with Crippen molar-refractivity contribution < 1.29 is 18.4 Å². The van der Waals surface area contributed by atoms with Crippen LogP contribution in [-0.4, -0.2) is 16.8 Å². The third-order valence-electron chi connectivity index (χ3n) is 5.38. The van der Waals surface area contributed by atoms with Crippen LogP contribution in [-0.2, 0) is 0 Å². The molecule has 1 unspecified atom stereocenters. The lowest BCUT2D eigenvalue weighted by atomic mass is 9.96. The van der Waals surface area contributed by atoms with Gasteiger partial charge in [0.05, 0.1) is 22.1 Å². The first-order valence-corrected chi connectivity index (χ1v) is 10.3. The fourth-order valence-electron chi connectivity index (χ4n) is 3.97. The Morgan fingerprint density at radius 1 is 1.00 bits per heavy atom. The Labute approximate surface area is 190 Å². The molecular formula is C23H13Cl2F2N3O2. The smallest absolute Gasteiger partial charge is 0.257 e. The minimum atomic E-state index is -0.773. The summed E-state index contributed by atoms with van der Waals surface area (Å²) in [4.78, 5) is 28.5. The number of amides is 2. The molecule has 0 saturated heterocycles. The van der Waals surface area contributed by atoms with E-state index in [2.05, 4.69) is 15.6 Å². The van der Waals surface area contributed by atoms with E-state index in [1.54, 1.807) is 18.2 Å². The molecule has 5 nitrogen and oxygen atoms in total. The zero-order valence-electron chi connectivity index (χ0n) is 16.1. The monoisotopic (exact) mass is 471 g/mol. The van der Waals surface area contributed by atoms with Crippen LogP contribution in [0, 0.1) is 11.6 Å². The molecule has 160 valence electrons. The number of fused-ring (bicyclic) bond motifs is 2. The van der Waals surface area contributed by atoms with E-state index in [4.69, 9.17) is 23.2 Å². The van der Waals surface area contributed by atoms with Crippen molar-refractivity contribution in [3.63, 3.8) is 0 Å². The molecule has 1 aliphatic heterocycles. The quantitative estimate of drug-likeness (QED) is 0.351. The first kappa shape index (κ1) is 20.5. The van der Waals surface area contributed by atoms with Crippen LogP contribution in [0.1, 0.15) is 37.9 Å². The molecule has 3 N–H and O–H groups in total. The zero-order valence-corrected chi connectivity index (χ0v) is 17.6. The van der Waals surface area contributed by atoms with E-state index in [1.807, 2.05) is 0 Å². The van der Waals surface area contributed by atoms with Gasteiger partial charge in [0.1, 0.15) is 11.6 Å². The fraction of sp³-hybridized carbons (Fsp3) is 0.0435. The number of hydrogen-bond donors (Lipinski definition) is 3. The number of benzene rings is 3. The molecule has 32 heavy (non-hydrogen) atoms. The standard InChI is InChI=1S/C23H13Cl2F2N3O2/c24-16-5-4-10(26)6-13(16)21-19-12(22(31)30-21)2-1-3-18(19)29-23(32)15-8-11(27)7-14-17(25)9-28-20(14)15/h1-9,21,28H,(H,29,32)(H,30,31). The van der Waals surface area contributed by atoms with Gasteiger partial charge in [0.25, 0.3) is 11.8 Å². The normalized spacial score (nSPS) is 15.0. The van der Waals surface area contributed by atoms with Crippen molar-refractivity contribution >= 4 is 51.6 Å². The summed E-state index contributed by atoms with van der Waals surface area (Å²) in [6.45, 7) is 0. The van der Waals surface area contributed by atoms with Gasteiger partial charge < -0.3 is 15.6 Å². The Morgan fingerprint density at radius 3 is 2.62 bits per heavy atom. The number of carbonyl (C=O) groups is 2. The van der Waals surface area contributed by atoms with Crippen LogP contribution in [0.2, 0.25) is 10.0 Å². The highest BCUT2D eigenvalue weighted by molar-refractivity contribution is 6.36. The van der Waals surface area contributed by atoms with Crippen LogP contribution < -0.4 is 10.6 Å². The minimum absolute atomic E-state index is 0.0436. The third-order valence-corrected chi connectivity index (χ3v) is 6.04. The zero-order chi connectivity index (χ0) is 22.6. The maximum atomic E-state index is 14.1. The molecule has 0 aliphatic carbocycles. The van der Waals surface area contributed by atoms with Crippen molar-refractivity contribution in [3.05, 3.63) is 98.7 Å². The van der Waals surface area contributed by atoms with Gasteiger partial charge in [0.15, 0.2) is 0 Å². The van der Waals surface area contributed by atoms with Crippen LogP contribution in [0.25, 0.3) is 10.9 Å². The molecule has 1 atom stereocenters. The summed E-state index contributed by atoms with van der Waals surface area (Å²) in [6.07, 6.45) is 1.47. The summed E-state index contributed by atoms with van der Waals surface area (Å²) in [5, 5.41) is 6.43. The van der Waals surface area contributed by atoms with Gasteiger partial charge in [-0.25, -0.2) is 8.78 Å². The van der Waals surface area contributed by atoms with Gasteiger partial charge in [-0.15, -0.1) is 0 Å². The largest absolute Gasteiger partial charge is 0.359 e. The van der Waals surface area contributed by atoms with Gasteiger partial charge in [0.2, 0.25) is 0 Å². The first-order valence-electron chi connectivity index (χ1n) is 9.49. The van der Waals surface area contributed by atoms with Gasteiger partial charge in [-0.1, -0.05) is 29.3 Å². The molecule has 0 radical (unpaired) electrons. The number of halogens is 4. The summed E-state index contributed by atoms with van der Waals surface area (Å²) in [6, 6.07) is 10.2. The van der Waals surface area contributed by atoms with Crippen molar-refractivity contribution in [2.24, 2.45) is 0 Å². The number of carbonyl (C=O) groups excluding carboxylic acids is 2. The molecule has 5 rings (SSSR count). The van der Waals surface area contributed by atoms with Crippen LogP contribution >= 0.6 is 23.2 Å². The second kappa shape index (κ2) is 7.62. The van der Waals surface area contributed by atoms with Crippen molar-refractivity contribution in [1.82, 2.24) is 10.3 Å². The maximum absolute atomic E-state index is 14.1. The fourth-order valence-corrected chi connectivity index (χ4v) is 4.40. The van der Waals surface area contributed by atoms with Crippen LogP contribution in [0.15, 0.2) is 54.7 Å². The molecule has 9 heteroatoms. The predicted octanol–water partition coefficient (Wildman–Crippen LogP) is 5.84. The number of aromatic nitrogens is 1. The maximum Gasteiger partial charge on any atom is 0.257 e. The lowest BCUT2D eigenvalue weighted by Crippen LogP contribution is -2.21. The van der Waals surface area contributed by atoms with E-state index in [0.717, 1.165) is 6.07 Å². The summed E-state index contributed by atoms with van der Waals surface area (Å²) in [5.74, 6) is -2.13. The molecule has 2 heterocycles. The van der Waals surface area contributed by atoms with Crippen LogP contribution in [0.3, 0.4) is 0 Å². The predicted molar refractivity (Wildman–Crippen MR) is 118 cm³/mol. The lowest BCUT2D eigenvalue weighted by molar-refractivity contribution is 0.0959. The number of anilines is 1. The Morgan fingerprint density at radius 2 is 1.81 bits per heavy atom. The molecule has 2 amide bonds. The molecule has 1 aromatic heterocycles. The highest BCUT2D eigenvalue weighted by atomic mass is 35.5. The van der Waals surface area contributed by atoms with Crippen LogP contribution in [0.4, 0.5) is 14.5 Å². The summed E-state index contributed by atoms with van der Waals surface area (Å²) in [5.41, 5.74) is 1.84. The van der Waals surface area contributed by atoms with Gasteiger partial charge in [-0.3, -0.25) is 9.59 Å². The van der Waals surface area contributed by atoms with Gasteiger partial charge in [-0.2, -0.15) is 0 Å². The SMILES string of the molecule is O=C1NC(c2cc(F)ccc2Cl)c2c(NC(=O)c3cc(F)cc4c(Cl)c[nH]c34)cccc21. The second-order valence-electron chi connectivity index (χ2n) is 7.31. The molecule has 0 fully saturated rings. The Bertz CT molecular complexity index is 1430. The van der Waals surface area contributed by atoms with Gasteiger partial charge >= 0.3 is 0 Å². The summed E-state index contributed by atoms with van der Waals surface area (Å²) < 4.78 is 28.0. The van der Waals surface area contributed by atoms with Crippen molar-refractivity contribution in [2.75, 3.05) is 5.32 Å². The Balaban J connectivity index is 1.59. The number of rotatable bonds is 3. The summed E-state index contributed by atoms with van der Waals surface area (Å²) in [7, 11) is 0. The van der Waals surface area contributed by atoms with E-state index in [-0.39, 0.29) is 21.5 Å². The number of nitrogens with one attached hydrogen (secondary N) is 3. The average Bonchev–Trinajstić information content (AvgIpc) is 3.30. The number of H-pyrrole nitrogens is 1. The molecule has 1 aliphatic rings. The average molecular weight is 472 g/mol. The van der Waals surface area contributed by atoms with Gasteiger partial charge in [-0.05, 0) is 42.5 Å². The van der Waals surface area contributed by atoms with Crippen LogP contribution in [0.5, 0.6) is 0 Å². The van der Waals surface area contributed by atoms with Crippen molar-refractivity contribution in [2.45, 2.75) is 6.04 Å². The number of aromatic amines is 1. The molecule has 0 spiro atoms. The van der Waals surface area contributed by atoms with E-state index in [1.165, 1.54) is 30.5 Å². The molecular weight excluding hydrogens is 459 g/mol. The van der Waals surface area contributed by atoms with E-state index in [0.29, 0.717) is 33.3 Å². The first-order chi connectivity index (χ1) is 15.3. The lowest BCUT2D eigenvalue weighted by Gasteiger charge is -2.18. The third kappa shape index (κ3) is 3.30. The molecule has 3 aromatic carbocycles. The Hall–Kier alpha value is -3.42. The van der Waals surface area contributed by atoms with Gasteiger partial charge in [0, 0.05) is 39.0 Å². The summed E-state index contributed by atoms with van der Waals surface area (Å²) >= 11 is 12.3. The second-order valence-corrected chi connectivity index (χ2v) is 8.12. The van der Waals surface area contributed by atoms with Crippen molar-refractivity contribution in [3.8, 4) is 0 Å². The number of hydrogen-bond acceptors (Lipinski definition) is 2. The highest BCUT2D eigenvalue weighted by Crippen LogP contribution is 2.39. The molecule has 0 saturated carbocycles. The van der Waals surface area contributed by atoms with Crippen molar-refractivity contribution in [1.29, 1.82) is 0 Å². The minimum Gasteiger partial charge on any atom is -0.359 e. The molecule has 0 bridgehead atoms. The highest BCUT2D eigenvalue weighted by Gasteiger charge is 2.34. The Kier molecular flexibility index (Phi) is 4.87. The van der Waals surface area contributed by atoms with E-state index in [9.17, 15) is 18.4 Å². The van der Waals surface area contributed by atoms with E-state index >= 15 is 0 Å². The topological polar surface area (TPSA) is 74.0 Å².